The number of benzene rings is 2. The van der Waals surface area contributed by atoms with Gasteiger partial charge in [0.1, 0.15) is 5.52 Å². The fourth-order valence-electron chi connectivity index (χ4n) is 2.05. The van der Waals surface area contributed by atoms with Gasteiger partial charge in [-0.25, -0.2) is 4.98 Å². The summed E-state index contributed by atoms with van der Waals surface area (Å²) < 4.78 is 6.48. The van der Waals surface area contributed by atoms with E-state index in [2.05, 4.69) is 20.9 Å². The van der Waals surface area contributed by atoms with E-state index in [0.29, 0.717) is 16.5 Å². The molecule has 0 aliphatic rings. The lowest BCUT2D eigenvalue weighted by atomic mass is 10.1. The summed E-state index contributed by atoms with van der Waals surface area (Å²) in [6, 6.07) is 12.9. The quantitative estimate of drug-likeness (QED) is 0.754. The molecular weight excluding hydrogens is 342 g/mol. The van der Waals surface area contributed by atoms with Gasteiger partial charge >= 0.3 is 0 Å². The van der Waals surface area contributed by atoms with Gasteiger partial charge in [0.05, 0.1) is 12.5 Å². The van der Waals surface area contributed by atoms with Crippen LogP contribution in [-0.2, 0) is 6.42 Å². The summed E-state index contributed by atoms with van der Waals surface area (Å²) in [5.74, 6) is 0.498. The van der Waals surface area contributed by atoms with E-state index in [1.54, 1.807) is 12.1 Å². The summed E-state index contributed by atoms with van der Waals surface area (Å²) in [6.45, 7) is 0. The van der Waals surface area contributed by atoms with Crippen molar-refractivity contribution < 1.29 is 9.52 Å². The Hall–Kier alpha value is -1.36. The van der Waals surface area contributed by atoms with Crippen molar-refractivity contribution in [2.75, 3.05) is 0 Å². The molecule has 0 amide bonds. The molecule has 0 radical (unpaired) electrons. The molecule has 1 heterocycles. The van der Waals surface area contributed by atoms with E-state index in [1.807, 2.05) is 30.3 Å². The van der Waals surface area contributed by atoms with Crippen LogP contribution >= 0.6 is 27.5 Å². The van der Waals surface area contributed by atoms with Gasteiger partial charge in [0, 0.05) is 9.50 Å². The lowest BCUT2D eigenvalue weighted by Crippen LogP contribution is -2.02. The summed E-state index contributed by atoms with van der Waals surface area (Å²) in [5.41, 5.74) is 2.17. The summed E-state index contributed by atoms with van der Waals surface area (Å²) in [7, 11) is 0. The number of aliphatic hydroxyl groups is 1. The molecule has 1 aromatic heterocycles. The second-order valence-corrected chi connectivity index (χ2v) is 5.78. The van der Waals surface area contributed by atoms with Crippen molar-refractivity contribution in [3.8, 4) is 0 Å². The van der Waals surface area contributed by atoms with Crippen LogP contribution in [0.4, 0.5) is 0 Å². The molecule has 0 saturated heterocycles. The van der Waals surface area contributed by atoms with Gasteiger partial charge in [-0.05, 0) is 29.8 Å². The van der Waals surface area contributed by atoms with E-state index >= 15 is 0 Å². The van der Waals surface area contributed by atoms with E-state index in [4.69, 9.17) is 16.0 Å². The van der Waals surface area contributed by atoms with Crippen molar-refractivity contribution in [1.82, 2.24) is 4.98 Å². The van der Waals surface area contributed by atoms with Gasteiger partial charge in [-0.1, -0.05) is 45.7 Å². The van der Waals surface area contributed by atoms with Crippen molar-refractivity contribution in [1.29, 1.82) is 0 Å². The number of halogens is 2. The normalized spacial score (nSPS) is 12.8. The van der Waals surface area contributed by atoms with Crippen LogP contribution in [0.3, 0.4) is 0 Å². The highest BCUT2D eigenvalue weighted by Crippen LogP contribution is 2.29. The lowest BCUT2D eigenvalue weighted by molar-refractivity contribution is 0.169. The Morgan fingerprint density at radius 2 is 2.05 bits per heavy atom. The van der Waals surface area contributed by atoms with Gasteiger partial charge in [-0.2, -0.15) is 0 Å². The highest BCUT2D eigenvalue weighted by molar-refractivity contribution is 9.10. The zero-order valence-corrected chi connectivity index (χ0v) is 12.7. The summed E-state index contributed by atoms with van der Waals surface area (Å²) in [6.07, 6.45) is -0.459. The number of hydrogen-bond donors (Lipinski definition) is 1. The third-order valence-electron chi connectivity index (χ3n) is 3.03. The van der Waals surface area contributed by atoms with Crippen LogP contribution in [0.15, 0.2) is 51.4 Å². The molecule has 1 unspecified atom stereocenters. The minimum Gasteiger partial charge on any atom is -0.441 e. The minimum atomic E-state index is -0.747. The first-order valence-corrected chi connectivity index (χ1v) is 7.28. The molecule has 0 spiro atoms. The maximum absolute atomic E-state index is 10.3. The average molecular weight is 353 g/mol. The zero-order valence-electron chi connectivity index (χ0n) is 10.4. The van der Waals surface area contributed by atoms with Gasteiger partial charge in [0.25, 0.3) is 0 Å². The van der Waals surface area contributed by atoms with Gasteiger partial charge in [-0.3, -0.25) is 0 Å². The number of aliphatic hydroxyl groups excluding tert-OH is 1. The van der Waals surface area contributed by atoms with Gasteiger partial charge in [-0.15, -0.1) is 0 Å². The molecule has 3 rings (SSSR count). The predicted molar refractivity (Wildman–Crippen MR) is 81.8 cm³/mol. The monoisotopic (exact) mass is 351 g/mol. The number of rotatable bonds is 3. The molecular formula is C15H11BrClNO2. The zero-order chi connectivity index (χ0) is 14.1. The van der Waals surface area contributed by atoms with Crippen LogP contribution in [0.5, 0.6) is 0 Å². The van der Waals surface area contributed by atoms with E-state index in [-0.39, 0.29) is 6.42 Å². The van der Waals surface area contributed by atoms with Crippen molar-refractivity contribution >= 4 is 38.6 Å². The Bertz CT molecular complexity index is 723. The molecule has 0 saturated carbocycles. The van der Waals surface area contributed by atoms with Gasteiger partial charge < -0.3 is 9.52 Å². The second-order valence-electron chi connectivity index (χ2n) is 4.46. The van der Waals surface area contributed by atoms with Crippen LogP contribution in [0.2, 0.25) is 5.02 Å². The number of para-hydroxylation sites is 2. The van der Waals surface area contributed by atoms with Crippen molar-refractivity contribution in [2.24, 2.45) is 0 Å². The van der Waals surface area contributed by atoms with E-state index < -0.39 is 6.10 Å². The number of oxazole rings is 1. The van der Waals surface area contributed by atoms with Crippen LogP contribution in [0.1, 0.15) is 17.6 Å². The number of hydrogen-bond acceptors (Lipinski definition) is 3. The molecule has 102 valence electrons. The van der Waals surface area contributed by atoms with Crippen molar-refractivity contribution in [3.63, 3.8) is 0 Å². The summed E-state index contributed by atoms with van der Waals surface area (Å²) in [4.78, 5) is 4.35. The number of aromatic nitrogens is 1. The molecule has 0 fully saturated rings. The Morgan fingerprint density at radius 1 is 1.25 bits per heavy atom. The smallest absolute Gasteiger partial charge is 0.198 e. The molecule has 2 aromatic carbocycles. The van der Waals surface area contributed by atoms with Gasteiger partial charge in [0.15, 0.2) is 11.5 Å². The Balaban J connectivity index is 1.86. The Morgan fingerprint density at radius 3 is 2.80 bits per heavy atom. The summed E-state index contributed by atoms with van der Waals surface area (Å²) >= 11 is 9.47. The second kappa shape index (κ2) is 5.56. The highest BCUT2D eigenvalue weighted by Gasteiger charge is 2.16. The molecule has 1 atom stereocenters. The first-order chi connectivity index (χ1) is 9.63. The molecule has 0 aliphatic heterocycles. The van der Waals surface area contributed by atoms with E-state index in [1.165, 1.54) is 0 Å². The first-order valence-electron chi connectivity index (χ1n) is 6.11. The van der Waals surface area contributed by atoms with Crippen molar-refractivity contribution in [3.05, 3.63) is 63.4 Å². The third-order valence-corrected chi connectivity index (χ3v) is 3.85. The van der Waals surface area contributed by atoms with Gasteiger partial charge in [0.2, 0.25) is 0 Å². The molecule has 0 bridgehead atoms. The third kappa shape index (κ3) is 2.73. The van der Waals surface area contributed by atoms with Crippen molar-refractivity contribution in [2.45, 2.75) is 12.5 Å². The Kier molecular flexibility index (Phi) is 3.78. The molecule has 3 aromatic rings. The van der Waals surface area contributed by atoms with Crippen LogP contribution in [0.25, 0.3) is 11.1 Å². The Labute approximate surface area is 129 Å². The molecule has 0 aliphatic carbocycles. The van der Waals surface area contributed by atoms with Crippen LogP contribution in [-0.4, -0.2) is 10.1 Å². The van der Waals surface area contributed by atoms with E-state index in [0.717, 1.165) is 15.6 Å². The topological polar surface area (TPSA) is 46.3 Å². The maximum Gasteiger partial charge on any atom is 0.198 e. The summed E-state index contributed by atoms with van der Waals surface area (Å²) in [5, 5.41) is 10.8. The largest absolute Gasteiger partial charge is 0.441 e. The first kappa shape index (κ1) is 13.6. The molecule has 1 N–H and O–H groups in total. The minimum absolute atomic E-state index is 0.288. The average Bonchev–Trinajstić information content (AvgIpc) is 2.80. The predicted octanol–water partition coefficient (Wildman–Crippen LogP) is 4.52. The van der Waals surface area contributed by atoms with E-state index in [9.17, 15) is 5.11 Å². The molecule has 5 heteroatoms. The highest BCUT2D eigenvalue weighted by atomic mass is 79.9. The van der Waals surface area contributed by atoms with Crippen LogP contribution in [0, 0.1) is 0 Å². The van der Waals surface area contributed by atoms with Crippen LogP contribution < -0.4 is 0 Å². The lowest BCUT2D eigenvalue weighted by Gasteiger charge is -2.10. The maximum atomic E-state index is 10.3. The fraction of sp³-hybridized carbons (Fsp3) is 0.133. The fourth-order valence-corrected chi connectivity index (χ4v) is 2.85. The standard InChI is InChI=1S/C15H11BrClNO2/c16-9-5-6-10(11(17)7-9)13(19)8-15-18-12-3-1-2-4-14(12)20-15/h1-7,13,19H,8H2. The molecule has 3 nitrogen and oxygen atoms in total. The molecule has 20 heavy (non-hydrogen) atoms. The number of fused-ring (bicyclic) bond motifs is 1. The SMILES string of the molecule is OC(Cc1nc2ccccc2o1)c1ccc(Br)cc1Cl. The number of nitrogens with zero attached hydrogens (tertiary/aromatic N) is 1.